The molecule has 0 saturated heterocycles. The van der Waals surface area contributed by atoms with E-state index in [1.165, 1.54) is 18.4 Å². The molecular formula is C13H22N2OS. The lowest BCUT2D eigenvalue weighted by Gasteiger charge is -2.29. The van der Waals surface area contributed by atoms with E-state index in [4.69, 9.17) is 0 Å². The summed E-state index contributed by atoms with van der Waals surface area (Å²) in [6.07, 6.45) is 8.63. The minimum absolute atomic E-state index is 0.414. The fourth-order valence-electron chi connectivity index (χ4n) is 2.54. The number of aromatic nitrogens is 1. The maximum absolute atomic E-state index is 11.8. The van der Waals surface area contributed by atoms with Gasteiger partial charge in [-0.05, 0) is 30.9 Å². The van der Waals surface area contributed by atoms with Crippen molar-refractivity contribution in [3.05, 3.63) is 24.0 Å². The molecule has 0 amide bonds. The second-order valence-electron chi connectivity index (χ2n) is 4.76. The van der Waals surface area contributed by atoms with Crippen molar-refractivity contribution in [2.45, 2.75) is 50.4 Å². The summed E-state index contributed by atoms with van der Waals surface area (Å²) in [4.78, 5) is 3.06. The molecule has 1 aromatic rings. The van der Waals surface area contributed by atoms with Crippen molar-refractivity contribution < 1.29 is 4.21 Å². The minimum atomic E-state index is -0.621. The molecule has 0 unspecified atom stereocenters. The van der Waals surface area contributed by atoms with E-state index in [-0.39, 0.29) is 0 Å². The number of H-pyrrole nitrogens is 1. The van der Waals surface area contributed by atoms with E-state index in [0.29, 0.717) is 11.3 Å². The van der Waals surface area contributed by atoms with Crippen LogP contribution in [0.3, 0.4) is 0 Å². The number of hydrogen-bond acceptors (Lipinski definition) is 2. The van der Waals surface area contributed by atoms with E-state index in [1.54, 1.807) is 0 Å². The largest absolute Gasteiger partial charge is 0.367 e. The zero-order valence-electron chi connectivity index (χ0n) is 10.4. The van der Waals surface area contributed by atoms with Crippen molar-refractivity contribution >= 4 is 10.8 Å². The highest BCUT2D eigenvalue weighted by Crippen LogP contribution is 2.23. The third kappa shape index (κ3) is 3.68. The van der Waals surface area contributed by atoms with Gasteiger partial charge in [0.2, 0.25) is 0 Å². The van der Waals surface area contributed by atoms with Gasteiger partial charge in [-0.2, -0.15) is 0 Å². The summed E-state index contributed by atoms with van der Waals surface area (Å²) in [6, 6.07) is 2.64. The van der Waals surface area contributed by atoms with Crippen LogP contribution in [0.4, 0.5) is 0 Å². The van der Waals surface area contributed by atoms with Gasteiger partial charge in [-0.1, -0.05) is 13.3 Å². The Kier molecular flexibility index (Phi) is 4.80. The van der Waals surface area contributed by atoms with Crippen LogP contribution in [-0.4, -0.2) is 26.2 Å². The first-order chi connectivity index (χ1) is 8.29. The van der Waals surface area contributed by atoms with Gasteiger partial charge in [0.05, 0.1) is 0 Å². The van der Waals surface area contributed by atoms with Crippen LogP contribution >= 0.6 is 0 Å². The van der Waals surface area contributed by atoms with Crippen molar-refractivity contribution in [3.63, 3.8) is 0 Å². The quantitative estimate of drug-likeness (QED) is 0.846. The molecule has 0 bridgehead atoms. The van der Waals surface area contributed by atoms with Crippen molar-refractivity contribution in [1.82, 2.24) is 10.3 Å². The smallest absolute Gasteiger partial charge is 0.0362 e. The van der Waals surface area contributed by atoms with Crippen LogP contribution in [0.5, 0.6) is 0 Å². The van der Waals surface area contributed by atoms with E-state index >= 15 is 0 Å². The van der Waals surface area contributed by atoms with Gasteiger partial charge in [0.15, 0.2) is 0 Å². The highest BCUT2D eigenvalue weighted by atomic mass is 32.2. The SMILES string of the molecule is CC[S@](=O)[C@@H]1CCC[C@@H](NCc2cc[nH]c2)C1. The average Bonchev–Trinajstić information content (AvgIpc) is 2.89. The fourth-order valence-corrected chi connectivity index (χ4v) is 3.88. The number of rotatable bonds is 5. The van der Waals surface area contributed by atoms with E-state index in [0.717, 1.165) is 25.1 Å². The molecule has 3 nitrogen and oxygen atoms in total. The molecule has 4 heteroatoms. The van der Waals surface area contributed by atoms with Crippen LogP contribution in [0.25, 0.3) is 0 Å². The normalized spacial score (nSPS) is 26.9. The summed E-state index contributed by atoms with van der Waals surface area (Å²) in [5, 5.41) is 3.99. The fraction of sp³-hybridized carbons (Fsp3) is 0.692. The average molecular weight is 254 g/mol. The summed E-state index contributed by atoms with van der Waals surface area (Å²) in [5.41, 5.74) is 1.30. The lowest BCUT2D eigenvalue weighted by atomic mass is 9.95. The minimum Gasteiger partial charge on any atom is -0.367 e. The first-order valence-electron chi connectivity index (χ1n) is 6.51. The van der Waals surface area contributed by atoms with E-state index in [9.17, 15) is 4.21 Å². The Labute approximate surface area is 106 Å². The van der Waals surface area contributed by atoms with Gasteiger partial charge in [0, 0.05) is 46.8 Å². The molecule has 17 heavy (non-hydrogen) atoms. The molecule has 96 valence electrons. The molecule has 2 rings (SSSR count). The Morgan fingerprint density at radius 1 is 1.53 bits per heavy atom. The van der Waals surface area contributed by atoms with Gasteiger partial charge >= 0.3 is 0 Å². The summed E-state index contributed by atoms with van der Waals surface area (Å²) < 4.78 is 11.8. The maximum Gasteiger partial charge on any atom is 0.0362 e. The molecule has 1 heterocycles. The molecule has 1 saturated carbocycles. The van der Waals surface area contributed by atoms with Gasteiger partial charge in [-0.25, -0.2) is 0 Å². The van der Waals surface area contributed by atoms with E-state index in [2.05, 4.69) is 16.4 Å². The highest BCUT2D eigenvalue weighted by molar-refractivity contribution is 7.85. The Morgan fingerprint density at radius 2 is 2.41 bits per heavy atom. The second kappa shape index (κ2) is 6.36. The van der Waals surface area contributed by atoms with Crippen molar-refractivity contribution in [2.24, 2.45) is 0 Å². The zero-order chi connectivity index (χ0) is 12.1. The molecule has 1 aliphatic carbocycles. The van der Waals surface area contributed by atoms with Crippen molar-refractivity contribution in [3.8, 4) is 0 Å². The predicted molar refractivity (Wildman–Crippen MR) is 72.4 cm³/mol. The number of aromatic amines is 1. The van der Waals surface area contributed by atoms with Crippen LogP contribution < -0.4 is 5.32 Å². The number of nitrogens with one attached hydrogen (secondary N) is 2. The Morgan fingerprint density at radius 3 is 3.12 bits per heavy atom. The summed E-state index contributed by atoms with van der Waals surface area (Å²) in [5.74, 6) is 0.801. The molecule has 1 aromatic heterocycles. The lowest BCUT2D eigenvalue weighted by Crippen LogP contribution is -2.37. The van der Waals surface area contributed by atoms with Crippen LogP contribution in [0.1, 0.15) is 38.2 Å². The first-order valence-corrected chi connectivity index (χ1v) is 7.90. The molecule has 1 fully saturated rings. The van der Waals surface area contributed by atoms with Gasteiger partial charge in [-0.3, -0.25) is 4.21 Å². The monoisotopic (exact) mass is 254 g/mol. The van der Waals surface area contributed by atoms with Gasteiger partial charge in [0.1, 0.15) is 0 Å². The zero-order valence-corrected chi connectivity index (χ0v) is 11.3. The molecule has 0 spiro atoms. The Hall–Kier alpha value is -0.610. The summed E-state index contributed by atoms with van der Waals surface area (Å²) >= 11 is 0. The van der Waals surface area contributed by atoms with E-state index < -0.39 is 10.8 Å². The summed E-state index contributed by atoms with van der Waals surface area (Å²) in [7, 11) is -0.621. The molecule has 0 radical (unpaired) electrons. The topological polar surface area (TPSA) is 44.9 Å². The van der Waals surface area contributed by atoms with Crippen LogP contribution in [-0.2, 0) is 17.3 Å². The Balaban J connectivity index is 1.79. The van der Waals surface area contributed by atoms with E-state index in [1.807, 2.05) is 19.3 Å². The first kappa shape index (κ1) is 12.8. The third-order valence-corrected chi connectivity index (χ3v) is 5.28. The van der Waals surface area contributed by atoms with Gasteiger partial charge in [-0.15, -0.1) is 0 Å². The van der Waals surface area contributed by atoms with Gasteiger partial charge in [0.25, 0.3) is 0 Å². The summed E-state index contributed by atoms with van der Waals surface area (Å²) in [6.45, 7) is 2.94. The number of hydrogen-bond donors (Lipinski definition) is 2. The van der Waals surface area contributed by atoms with Crippen LogP contribution in [0, 0.1) is 0 Å². The van der Waals surface area contributed by atoms with Crippen LogP contribution in [0.15, 0.2) is 18.5 Å². The Bertz CT molecular complexity index is 350. The standard InChI is InChI=1S/C13H22N2OS/c1-2-17(16)13-5-3-4-12(8-13)15-10-11-6-7-14-9-11/h6-7,9,12-15H,2-5,8,10H2,1H3/t12-,13-,17+/m1/s1. The molecule has 0 aliphatic heterocycles. The van der Waals surface area contributed by atoms with Crippen LogP contribution in [0.2, 0.25) is 0 Å². The van der Waals surface area contributed by atoms with Crippen molar-refractivity contribution in [1.29, 1.82) is 0 Å². The van der Waals surface area contributed by atoms with Crippen molar-refractivity contribution in [2.75, 3.05) is 5.75 Å². The molecular weight excluding hydrogens is 232 g/mol. The lowest BCUT2D eigenvalue weighted by molar-refractivity contribution is 0.376. The molecule has 3 atom stereocenters. The molecule has 2 N–H and O–H groups in total. The van der Waals surface area contributed by atoms with Gasteiger partial charge < -0.3 is 10.3 Å². The highest BCUT2D eigenvalue weighted by Gasteiger charge is 2.24. The molecule has 1 aliphatic rings. The predicted octanol–water partition coefficient (Wildman–Crippen LogP) is 2.18. The maximum atomic E-state index is 11.8. The second-order valence-corrected chi connectivity index (χ2v) is 6.76. The third-order valence-electron chi connectivity index (χ3n) is 3.54. The molecule has 0 aromatic carbocycles.